The van der Waals surface area contributed by atoms with Crippen LogP contribution in [-0.4, -0.2) is 30.1 Å². The molecule has 6 heteroatoms. The van der Waals surface area contributed by atoms with Gasteiger partial charge in [0.15, 0.2) is 0 Å². The molecule has 0 bridgehead atoms. The lowest BCUT2D eigenvalue weighted by atomic mass is 10.1. The highest BCUT2D eigenvalue weighted by Crippen LogP contribution is 2.30. The van der Waals surface area contributed by atoms with Crippen LogP contribution >= 0.6 is 22.6 Å². The van der Waals surface area contributed by atoms with Gasteiger partial charge in [0.05, 0.1) is 4.92 Å². The predicted octanol–water partition coefficient (Wildman–Crippen LogP) is 2.39. The third kappa shape index (κ3) is 2.92. The molecule has 18 heavy (non-hydrogen) atoms. The zero-order chi connectivity index (χ0) is 13.3. The van der Waals surface area contributed by atoms with Gasteiger partial charge in [-0.1, -0.05) is 0 Å². The molecule has 1 aliphatic heterocycles. The molecular formula is C12H16IN3O2. The molecule has 0 aromatic heterocycles. The van der Waals surface area contributed by atoms with Crippen LogP contribution in [0.3, 0.4) is 0 Å². The van der Waals surface area contributed by atoms with E-state index in [9.17, 15) is 10.1 Å². The van der Waals surface area contributed by atoms with Crippen molar-refractivity contribution in [1.29, 1.82) is 0 Å². The molecule has 5 nitrogen and oxygen atoms in total. The Morgan fingerprint density at radius 1 is 1.39 bits per heavy atom. The highest BCUT2D eigenvalue weighted by Gasteiger charge is 2.26. The Morgan fingerprint density at radius 3 is 2.56 bits per heavy atom. The number of nitrogens with zero attached hydrogens (tertiary/aromatic N) is 2. The average Bonchev–Trinajstić information content (AvgIpc) is 2.27. The standard InChI is InChI=1S/C12H16IN3O2/c1-8-6-15(7-9(2)14-8)11-4-3-10(13)5-12(11)16(17)18/h3-5,8-9,14H,6-7H2,1-2H3. The van der Waals surface area contributed by atoms with Gasteiger partial charge in [0.25, 0.3) is 5.69 Å². The van der Waals surface area contributed by atoms with Crippen LogP contribution in [0.4, 0.5) is 11.4 Å². The van der Waals surface area contributed by atoms with Crippen LogP contribution in [0, 0.1) is 13.7 Å². The van der Waals surface area contributed by atoms with Crippen molar-refractivity contribution in [2.45, 2.75) is 25.9 Å². The maximum atomic E-state index is 11.1. The van der Waals surface area contributed by atoms with Crippen molar-refractivity contribution in [3.8, 4) is 0 Å². The maximum Gasteiger partial charge on any atom is 0.293 e. The zero-order valence-corrected chi connectivity index (χ0v) is 12.5. The summed E-state index contributed by atoms with van der Waals surface area (Å²) in [7, 11) is 0. The Kier molecular flexibility index (Phi) is 4.06. The normalized spacial score (nSPS) is 24.1. The Morgan fingerprint density at radius 2 is 2.00 bits per heavy atom. The molecule has 2 atom stereocenters. The molecule has 2 unspecified atom stereocenters. The number of halogens is 1. The van der Waals surface area contributed by atoms with Crippen LogP contribution in [0.25, 0.3) is 0 Å². The molecule has 1 saturated heterocycles. The molecule has 0 spiro atoms. The Balaban J connectivity index is 2.35. The smallest absolute Gasteiger partial charge is 0.293 e. The number of hydrogen-bond donors (Lipinski definition) is 1. The highest BCUT2D eigenvalue weighted by atomic mass is 127. The van der Waals surface area contributed by atoms with E-state index in [0.29, 0.717) is 12.1 Å². The first-order valence-corrected chi connectivity index (χ1v) is 7.00. The topological polar surface area (TPSA) is 58.4 Å². The second-order valence-corrected chi connectivity index (χ2v) is 6.01. The summed E-state index contributed by atoms with van der Waals surface area (Å²) < 4.78 is 0.888. The molecule has 1 aromatic carbocycles. The Bertz CT molecular complexity index is 457. The summed E-state index contributed by atoms with van der Waals surface area (Å²) >= 11 is 2.10. The van der Waals surface area contributed by atoms with Gasteiger partial charge in [0.1, 0.15) is 5.69 Å². The van der Waals surface area contributed by atoms with Gasteiger partial charge in [0, 0.05) is 34.8 Å². The molecule has 1 N–H and O–H groups in total. The third-order valence-electron chi connectivity index (χ3n) is 3.03. The van der Waals surface area contributed by atoms with Gasteiger partial charge in [0.2, 0.25) is 0 Å². The Labute approximate surface area is 120 Å². The first kappa shape index (κ1) is 13.5. The van der Waals surface area contributed by atoms with E-state index in [1.165, 1.54) is 0 Å². The average molecular weight is 361 g/mol. The predicted molar refractivity (Wildman–Crippen MR) is 80.1 cm³/mol. The zero-order valence-electron chi connectivity index (χ0n) is 10.4. The van der Waals surface area contributed by atoms with Crippen LogP contribution < -0.4 is 10.2 Å². The van der Waals surface area contributed by atoms with Crippen LogP contribution in [0.2, 0.25) is 0 Å². The van der Waals surface area contributed by atoms with Gasteiger partial charge in [-0.25, -0.2) is 0 Å². The fourth-order valence-corrected chi connectivity index (χ4v) is 2.91. The molecular weight excluding hydrogens is 345 g/mol. The highest BCUT2D eigenvalue weighted by molar-refractivity contribution is 14.1. The van der Waals surface area contributed by atoms with E-state index in [2.05, 4.69) is 46.7 Å². The van der Waals surface area contributed by atoms with Gasteiger partial charge >= 0.3 is 0 Å². The molecule has 0 radical (unpaired) electrons. The molecule has 2 rings (SSSR count). The molecule has 1 aromatic rings. The van der Waals surface area contributed by atoms with Crippen molar-refractivity contribution in [2.75, 3.05) is 18.0 Å². The summed E-state index contributed by atoms with van der Waals surface area (Å²) in [5.74, 6) is 0. The van der Waals surface area contributed by atoms with E-state index >= 15 is 0 Å². The number of nitro groups is 1. The number of nitro benzene ring substituents is 1. The van der Waals surface area contributed by atoms with E-state index in [0.717, 1.165) is 22.3 Å². The number of anilines is 1. The number of hydrogen-bond acceptors (Lipinski definition) is 4. The molecule has 0 amide bonds. The van der Waals surface area contributed by atoms with Crippen molar-refractivity contribution < 1.29 is 4.92 Å². The van der Waals surface area contributed by atoms with Crippen LogP contribution in [0.1, 0.15) is 13.8 Å². The molecule has 98 valence electrons. The van der Waals surface area contributed by atoms with Crippen molar-refractivity contribution in [2.24, 2.45) is 0 Å². The van der Waals surface area contributed by atoms with Crippen molar-refractivity contribution >= 4 is 34.0 Å². The minimum Gasteiger partial charge on any atom is -0.363 e. The molecule has 1 heterocycles. The summed E-state index contributed by atoms with van der Waals surface area (Å²) in [4.78, 5) is 12.9. The van der Waals surface area contributed by atoms with Crippen molar-refractivity contribution in [1.82, 2.24) is 5.32 Å². The van der Waals surface area contributed by atoms with E-state index in [1.807, 2.05) is 12.1 Å². The van der Waals surface area contributed by atoms with Crippen molar-refractivity contribution in [3.63, 3.8) is 0 Å². The van der Waals surface area contributed by atoms with E-state index in [4.69, 9.17) is 0 Å². The number of nitrogens with one attached hydrogen (secondary N) is 1. The summed E-state index contributed by atoms with van der Waals surface area (Å²) in [6.07, 6.45) is 0. The van der Waals surface area contributed by atoms with Gasteiger partial charge in [-0.15, -0.1) is 0 Å². The minimum atomic E-state index is -0.297. The first-order valence-electron chi connectivity index (χ1n) is 5.92. The fourth-order valence-electron chi connectivity index (χ4n) is 2.43. The lowest BCUT2D eigenvalue weighted by molar-refractivity contribution is -0.384. The second-order valence-electron chi connectivity index (χ2n) is 4.76. The maximum absolute atomic E-state index is 11.1. The van der Waals surface area contributed by atoms with Crippen LogP contribution in [0.15, 0.2) is 18.2 Å². The minimum absolute atomic E-state index is 0.197. The quantitative estimate of drug-likeness (QED) is 0.499. The van der Waals surface area contributed by atoms with Crippen molar-refractivity contribution in [3.05, 3.63) is 31.9 Å². The summed E-state index contributed by atoms with van der Waals surface area (Å²) in [6.45, 7) is 5.79. The Hall–Kier alpha value is -0.890. The molecule has 0 saturated carbocycles. The molecule has 1 fully saturated rings. The monoisotopic (exact) mass is 361 g/mol. The third-order valence-corrected chi connectivity index (χ3v) is 3.70. The first-order chi connectivity index (χ1) is 8.47. The summed E-state index contributed by atoms with van der Waals surface area (Å²) in [5.41, 5.74) is 0.920. The van der Waals surface area contributed by atoms with Crippen LogP contribution in [-0.2, 0) is 0 Å². The number of rotatable bonds is 2. The van der Waals surface area contributed by atoms with E-state index in [1.54, 1.807) is 6.07 Å². The summed E-state index contributed by atoms with van der Waals surface area (Å²) in [6, 6.07) is 6.08. The molecule has 0 aliphatic carbocycles. The van der Waals surface area contributed by atoms with Gasteiger partial charge in [-0.3, -0.25) is 10.1 Å². The lowest BCUT2D eigenvalue weighted by Gasteiger charge is -2.37. The van der Waals surface area contributed by atoms with E-state index in [-0.39, 0.29) is 10.6 Å². The fraction of sp³-hybridized carbons (Fsp3) is 0.500. The van der Waals surface area contributed by atoms with Gasteiger partial charge in [-0.05, 0) is 48.6 Å². The summed E-state index contributed by atoms with van der Waals surface area (Å²) in [5, 5.41) is 14.6. The van der Waals surface area contributed by atoms with Crippen LogP contribution in [0.5, 0.6) is 0 Å². The van der Waals surface area contributed by atoms with Gasteiger partial charge in [-0.2, -0.15) is 0 Å². The SMILES string of the molecule is CC1CN(c2ccc(I)cc2[N+](=O)[O-])CC(C)N1. The molecule has 1 aliphatic rings. The number of benzene rings is 1. The lowest BCUT2D eigenvalue weighted by Crippen LogP contribution is -2.54. The van der Waals surface area contributed by atoms with Gasteiger partial charge < -0.3 is 10.2 Å². The largest absolute Gasteiger partial charge is 0.363 e. The second kappa shape index (κ2) is 5.40. The number of piperazine rings is 1. The van der Waals surface area contributed by atoms with E-state index < -0.39 is 0 Å².